The Kier molecular flexibility index (Phi) is 7.21. The maximum absolute atomic E-state index is 2.76. The van der Waals surface area contributed by atoms with Gasteiger partial charge in [-0.3, -0.25) is 0 Å². The summed E-state index contributed by atoms with van der Waals surface area (Å²) in [4.78, 5) is 5.43. The normalized spacial score (nSPS) is 29.5. The van der Waals surface area contributed by atoms with Crippen LogP contribution in [0.25, 0.3) is 0 Å². The Labute approximate surface area is 139 Å². The summed E-state index contributed by atoms with van der Waals surface area (Å²) in [5.74, 6) is 0.811. The fourth-order valence-electron chi connectivity index (χ4n) is 4.87. The van der Waals surface area contributed by atoms with Crippen LogP contribution in [0.1, 0.15) is 85.0 Å². The van der Waals surface area contributed by atoms with Crippen LogP contribution in [0.5, 0.6) is 0 Å². The Morgan fingerprint density at radius 2 is 1.23 bits per heavy atom. The minimum absolute atomic E-state index is 0.734. The van der Waals surface area contributed by atoms with E-state index < -0.39 is 0 Å². The molecule has 0 aliphatic heterocycles. The summed E-state index contributed by atoms with van der Waals surface area (Å²) in [5, 5.41) is 0. The van der Waals surface area contributed by atoms with Gasteiger partial charge in [0.15, 0.2) is 0 Å². The van der Waals surface area contributed by atoms with Crippen LogP contribution in [0.15, 0.2) is 0 Å². The van der Waals surface area contributed by atoms with E-state index in [4.69, 9.17) is 0 Å². The predicted octanol–water partition coefficient (Wildman–Crippen LogP) is 4.93. The lowest BCUT2D eigenvalue weighted by Gasteiger charge is -2.43. The van der Waals surface area contributed by atoms with Crippen LogP contribution in [0.3, 0.4) is 0 Å². The van der Waals surface area contributed by atoms with Crippen molar-refractivity contribution in [1.82, 2.24) is 9.80 Å². The molecular weight excluding hydrogens is 268 g/mol. The van der Waals surface area contributed by atoms with Crippen LogP contribution < -0.4 is 0 Å². The van der Waals surface area contributed by atoms with Crippen LogP contribution in [0, 0.1) is 5.92 Å². The van der Waals surface area contributed by atoms with Crippen LogP contribution in [0.4, 0.5) is 0 Å². The molecule has 1 atom stereocenters. The maximum Gasteiger partial charge on any atom is 0.00963 e. The van der Waals surface area contributed by atoms with E-state index in [2.05, 4.69) is 44.7 Å². The molecule has 2 heteroatoms. The molecule has 2 fully saturated rings. The van der Waals surface area contributed by atoms with E-state index >= 15 is 0 Å². The zero-order chi connectivity index (χ0) is 16.1. The lowest BCUT2D eigenvalue weighted by atomic mass is 9.86. The van der Waals surface area contributed by atoms with E-state index in [-0.39, 0.29) is 0 Å². The monoisotopic (exact) mass is 308 g/mol. The van der Waals surface area contributed by atoms with Gasteiger partial charge in [0, 0.05) is 24.2 Å². The fourth-order valence-corrected chi connectivity index (χ4v) is 4.87. The zero-order valence-electron chi connectivity index (χ0n) is 15.9. The molecule has 0 amide bonds. The van der Waals surface area contributed by atoms with E-state index in [1.54, 1.807) is 0 Å². The second-order valence-corrected chi connectivity index (χ2v) is 8.56. The van der Waals surface area contributed by atoms with Gasteiger partial charge in [0.05, 0.1) is 0 Å². The SMILES string of the molecule is CC(C)CC(C)N(C)C1CCC(N(C)C2CCCCC2)CC1. The van der Waals surface area contributed by atoms with Crippen molar-refractivity contribution in [2.45, 2.75) is 109 Å². The smallest absolute Gasteiger partial charge is 0.00963 e. The van der Waals surface area contributed by atoms with E-state index in [0.29, 0.717) is 0 Å². The highest BCUT2D eigenvalue weighted by Gasteiger charge is 2.31. The molecule has 1 unspecified atom stereocenters. The van der Waals surface area contributed by atoms with Crippen molar-refractivity contribution >= 4 is 0 Å². The molecule has 22 heavy (non-hydrogen) atoms. The highest BCUT2D eigenvalue weighted by atomic mass is 15.2. The summed E-state index contributed by atoms with van der Waals surface area (Å²) >= 11 is 0. The number of rotatable bonds is 6. The molecule has 2 aliphatic carbocycles. The molecule has 0 heterocycles. The first-order valence-corrected chi connectivity index (χ1v) is 9.93. The third-order valence-corrected chi connectivity index (χ3v) is 6.48. The highest BCUT2D eigenvalue weighted by Crippen LogP contribution is 2.31. The number of nitrogens with zero attached hydrogens (tertiary/aromatic N) is 2. The van der Waals surface area contributed by atoms with Gasteiger partial charge in [0.1, 0.15) is 0 Å². The summed E-state index contributed by atoms with van der Waals surface area (Å²) in [6.45, 7) is 7.11. The van der Waals surface area contributed by atoms with Crippen molar-refractivity contribution in [1.29, 1.82) is 0 Å². The highest BCUT2D eigenvalue weighted by molar-refractivity contribution is 4.87. The first kappa shape index (κ1) is 18.3. The Morgan fingerprint density at radius 1 is 0.727 bits per heavy atom. The third kappa shape index (κ3) is 4.96. The molecule has 2 nitrogen and oxygen atoms in total. The minimum atomic E-state index is 0.734. The van der Waals surface area contributed by atoms with Crippen molar-refractivity contribution in [2.24, 2.45) is 5.92 Å². The van der Waals surface area contributed by atoms with Crippen LogP contribution in [-0.2, 0) is 0 Å². The molecule has 2 aliphatic rings. The Balaban J connectivity index is 1.77. The molecule has 0 aromatic rings. The molecule has 2 saturated carbocycles. The Bertz CT molecular complexity index is 301. The van der Waals surface area contributed by atoms with Gasteiger partial charge in [-0.2, -0.15) is 0 Å². The lowest BCUT2D eigenvalue weighted by Crippen LogP contribution is -2.47. The lowest BCUT2D eigenvalue weighted by molar-refractivity contribution is 0.0670. The zero-order valence-corrected chi connectivity index (χ0v) is 15.9. The fraction of sp³-hybridized carbons (Fsp3) is 1.00. The Hall–Kier alpha value is -0.0800. The molecule has 0 aromatic carbocycles. The number of hydrogen-bond donors (Lipinski definition) is 0. The number of hydrogen-bond acceptors (Lipinski definition) is 2. The van der Waals surface area contributed by atoms with E-state index in [1.807, 2.05) is 0 Å². The Morgan fingerprint density at radius 3 is 1.77 bits per heavy atom. The van der Waals surface area contributed by atoms with E-state index in [1.165, 1.54) is 64.2 Å². The molecule has 0 radical (unpaired) electrons. The molecule has 0 N–H and O–H groups in total. The summed E-state index contributed by atoms with van der Waals surface area (Å²) < 4.78 is 0. The maximum atomic E-state index is 2.76. The molecule has 2 rings (SSSR count). The van der Waals surface area contributed by atoms with E-state index in [0.717, 1.165) is 30.1 Å². The molecule has 130 valence electrons. The van der Waals surface area contributed by atoms with Crippen molar-refractivity contribution in [3.63, 3.8) is 0 Å². The summed E-state index contributed by atoms with van der Waals surface area (Å²) in [6.07, 6.45) is 14.2. The average Bonchev–Trinajstić information content (AvgIpc) is 2.54. The third-order valence-electron chi connectivity index (χ3n) is 6.48. The molecule has 0 bridgehead atoms. The van der Waals surface area contributed by atoms with Gasteiger partial charge in [0.25, 0.3) is 0 Å². The van der Waals surface area contributed by atoms with Gasteiger partial charge >= 0.3 is 0 Å². The van der Waals surface area contributed by atoms with Crippen molar-refractivity contribution in [3.05, 3.63) is 0 Å². The second-order valence-electron chi connectivity index (χ2n) is 8.56. The molecule has 0 aromatic heterocycles. The summed E-state index contributed by atoms with van der Waals surface area (Å²) in [6, 6.07) is 3.29. The van der Waals surface area contributed by atoms with Crippen molar-refractivity contribution in [3.8, 4) is 0 Å². The minimum Gasteiger partial charge on any atom is -0.301 e. The largest absolute Gasteiger partial charge is 0.301 e. The quantitative estimate of drug-likeness (QED) is 0.686. The van der Waals surface area contributed by atoms with Crippen molar-refractivity contribution < 1.29 is 0 Å². The predicted molar refractivity (Wildman–Crippen MR) is 97.4 cm³/mol. The average molecular weight is 309 g/mol. The first-order chi connectivity index (χ1) is 10.5. The standard InChI is InChI=1S/C20H40N2/c1-16(2)15-17(3)21(4)19-11-13-20(14-12-19)22(5)18-9-7-6-8-10-18/h16-20H,6-15H2,1-5H3. The van der Waals surface area contributed by atoms with Crippen LogP contribution in [0.2, 0.25) is 0 Å². The topological polar surface area (TPSA) is 6.48 Å². The van der Waals surface area contributed by atoms with Crippen LogP contribution in [-0.4, -0.2) is 48.1 Å². The summed E-state index contributed by atoms with van der Waals surface area (Å²) in [7, 11) is 4.77. The van der Waals surface area contributed by atoms with Gasteiger partial charge in [-0.25, -0.2) is 0 Å². The van der Waals surface area contributed by atoms with Gasteiger partial charge in [-0.1, -0.05) is 33.1 Å². The molecular formula is C20H40N2. The second kappa shape index (κ2) is 8.68. The van der Waals surface area contributed by atoms with E-state index in [9.17, 15) is 0 Å². The molecule has 0 spiro atoms. The van der Waals surface area contributed by atoms with Crippen LogP contribution >= 0.6 is 0 Å². The van der Waals surface area contributed by atoms with Gasteiger partial charge < -0.3 is 9.80 Å². The van der Waals surface area contributed by atoms with Gasteiger partial charge in [-0.05, 0) is 71.9 Å². The van der Waals surface area contributed by atoms with Gasteiger partial charge in [0.2, 0.25) is 0 Å². The van der Waals surface area contributed by atoms with Gasteiger partial charge in [-0.15, -0.1) is 0 Å². The molecule has 0 saturated heterocycles. The first-order valence-electron chi connectivity index (χ1n) is 9.93. The summed E-state index contributed by atoms with van der Waals surface area (Å²) in [5.41, 5.74) is 0. The van der Waals surface area contributed by atoms with Crippen molar-refractivity contribution in [2.75, 3.05) is 14.1 Å².